The number of halogens is 1. The highest BCUT2D eigenvalue weighted by atomic mass is 35.5. The summed E-state index contributed by atoms with van der Waals surface area (Å²) in [6, 6.07) is 11.9. The first-order chi connectivity index (χ1) is 16.8. The highest BCUT2D eigenvalue weighted by Crippen LogP contribution is 2.37. The number of hydrogen-bond donors (Lipinski definition) is 0. The fourth-order valence-electron chi connectivity index (χ4n) is 3.87. The molecular formula is C27H26ClNO6. The number of ether oxygens (including phenoxy) is 1. The Balaban J connectivity index is 2.05. The van der Waals surface area contributed by atoms with Gasteiger partial charge in [0.15, 0.2) is 0 Å². The first-order valence-electron chi connectivity index (χ1n) is 11.0. The third-order valence-corrected chi connectivity index (χ3v) is 5.79. The lowest BCUT2D eigenvalue weighted by Gasteiger charge is -2.14. The van der Waals surface area contributed by atoms with Gasteiger partial charge in [-0.15, -0.1) is 0 Å². The molecule has 0 fully saturated rings. The van der Waals surface area contributed by atoms with Crippen LogP contribution in [0.2, 0.25) is 5.02 Å². The van der Waals surface area contributed by atoms with Gasteiger partial charge in [-0.05, 0) is 68.3 Å². The number of fused-ring (bicyclic) bond motifs is 1. The third-order valence-electron chi connectivity index (χ3n) is 5.54. The van der Waals surface area contributed by atoms with E-state index in [2.05, 4.69) is 4.89 Å². The SMILES string of the molecule is CC=CC=CC(=O)OOC(=O)C(CC)c1c(C)n(C(=O)c2ccc(Cl)cc2)c2ccc(OC)cc12. The Bertz CT molecular complexity index is 1300. The molecule has 7 nitrogen and oxygen atoms in total. The minimum absolute atomic E-state index is 0.274. The van der Waals surface area contributed by atoms with Gasteiger partial charge in [-0.1, -0.05) is 36.8 Å². The molecule has 2 aromatic carbocycles. The van der Waals surface area contributed by atoms with Gasteiger partial charge in [0.2, 0.25) is 0 Å². The summed E-state index contributed by atoms with van der Waals surface area (Å²) in [5, 5.41) is 1.18. The lowest BCUT2D eigenvalue weighted by atomic mass is 9.94. The van der Waals surface area contributed by atoms with E-state index in [-0.39, 0.29) is 5.91 Å². The molecule has 1 heterocycles. The first-order valence-corrected chi connectivity index (χ1v) is 11.4. The summed E-state index contributed by atoms with van der Waals surface area (Å²) in [5.41, 5.74) is 2.20. The quantitative estimate of drug-likeness (QED) is 0.175. The van der Waals surface area contributed by atoms with Crippen LogP contribution in [0.5, 0.6) is 5.75 Å². The van der Waals surface area contributed by atoms with Gasteiger partial charge in [0.05, 0.1) is 18.5 Å². The molecule has 8 heteroatoms. The summed E-state index contributed by atoms with van der Waals surface area (Å²) >= 11 is 5.98. The van der Waals surface area contributed by atoms with Gasteiger partial charge < -0.3 is 4.74 Å². The molecule has 0 N–H and O–H groups in total. The first kappa shape index (κ1) is 25.8. The summed E-state index contributed by atoms with van der Waals surface area (Å²) in [4.78, 5) is 47.8. The number of allylic oxidation sites excluding steroid dienone is 3. The Hall–Kier alpha value is -3.84. The van der Waals surface area contributed by atoms with Gasteiger partial charge in [-0.2, -0.15) is 0 Å². The number of methoxy groups -OCH3 is 1. The fourth-order valence-corrected chi connectivity index (χ4v) is 4.00. The molecular weight excluding hydrogens is 470 g/mol. The minimum atomic E-state index is -0.815. The summed E-state index contributed by atoms with van der Waals surface area (Å²) in [5.74, 6) is -2.06. The van der Waals surface area contributed by atoms with E-state index in [9.17, 15) is 14.4 Å². The monoisotopic (exact) mass is 495 g/mol. The molecule has 3 aromatic rings. The Morgan fingerprint density at radius 2 is 1.77 bits per heavy atom. The number of carbonyl (C=O) groups is 3. The molecule has 0 amide bonds. The number of nitrogens with zero attached hydrogens (tertiary/aromatic N) is 1. The highest BCUT2D eigenvalue weighted by molar-refractivity contribution is 6.30. The number of carbonyl (C=O) groups excluding carboxylic acids is 3. The molecule has 0 bridgehead atoms. The van der Waals surface area contributed by atoms with E-state index in [1.807, 2.05) is 6.92 Å². The largest absolute Gasteiger partial charge is 0.497 e. The highest BCUT2D eigenvalue weighted by Gasteiger charge is 2.31. The van der Waals surface area contributed by atoms with E-state index < -0.39 is 17.9 Å². The Morgan fingerprint density at radius 1 is 1.06 bits per heavy atom. The van der Waals surface area contributed by atoms with E-state index in [1.165, 1.54) is 13.2 Å². The second-order valence-electron chi connectivity index (χ2n) is 7.68. The van der Waals surface area contributed by atoms with E-state index in [1.54, 1.807) is 73.0 Å². The zero-order valence-corrected chi connectivity index (χ0v) is 20.7. The van der Waals surface area contributed by atoms with Crippen LogP contribution in [-0.4, -0.2) is 29.5 Å². The molecule has 0 saturated carbocycles. The molecule has 0 radical (unpaired) electrons. The van der Waals surface area contributed by atoms with Crippen LogP contribution in [0, 0.1) is 6.92 Å². The van der Waals surface area contributed by atoms with E-state index in [0.717, 1.165) is 6.08 Å². The average molecular weight is 496 g/mol. The zero-order valence-electron chi connectivity index (χ0n) is 19.9. The van der Waals surface area contributed by atoms with Gasteiger partial charge in [0.1, 0.15) is 5.75 Å². The Kier molecular flexibility index (Phi) is 8.49. The summed E-state index contributed by atoms with van der Waals surface area (Å²) in [6.45, 7) is 5.37. The predicted molar refractivity (Wildman–Crippen MR) is 134 cm³/mol. The number of hydrogen-bond acceptors (Lipinski definition) is 6. The molecule has 0 spiro atoms. The van der Waals surface area contributed by atoms with Crippen LogP contribution in [0.25, 0.3) is 10.9 Å². The maximum atomic E-state index is 13.5. The number of aromatic nitrogens is 1. The van der Waals surface area contributed by atoms with Crippen molar-refractivity contribution in [3.05, 3.63) is 88.6 Å². The van der Waals surface area contributed by atoms with Gasteiger partial charge in [-0.25, -0.2) is 19.4 Å². The summed E-state index contributed by atoms with van der Waals surface area (Å²) in [6.07, 6.45) is 6.33. The topological polar surface area (TPSA) is 83.8 Å². The molecule has 0 aliphatic heterocycles. The van der Waals surface area contributed by atoms with E-state index in [4.69, 9.17) is 21.2 Å². The van der Waals surface area contributed by atoms with Gasteiger partial charge >= 0.3 is 11.9 Å². The molecule has 182 valence electrons. The van der Waals surface area contributed by atoms with Crippen LogP contribution in [0.4, 0.5) is 0 Å². The molecule has 35 heavy (non-hydrogen) atoms. The van der Waals surface area contributed by atoms with Crippen molar-refractivity contribution >= 4 is 40.3 Å². The van der Waals surface area contributed by atoms with Crippen LogP contribution in [0.3, 0.4) is 0 Å². The third kappa shape index (κ3) is 5.63. The lowest BCUT2D eigenvalue weighted by Crippen LogP contribution is -2.19. The molecule has 0 saturated heterocycles. The standard InChI is InChI=1S/C27H26ClNO6/c1-5-7-8-9-24(30)34-35-27(32)21(6-2)25-17(3)29(23-15-14-20(33-4)16-22(23)25)26(31)18-10-12-19(28)13-11-18/h5,7-16,21H,6H2,1-4H3. The van der Waals surface area contributed by atoms with Gasteiger partial charge in [0.25, 0.3) is 5.91 Å². The second-order valence-corrected chi connectivity index (χ2v) is 8.12. The zero-order chi connectivity index (χ0) is 25.5. The molecule has 0 aliphatic carbocycles. The molecule has 0 aliphatic rings. The van der Waals surface area contributed by atoms with Gasteiger partial charge in [-0.3, -0.25) is 9.36 Å². The van der Waals surface area contributed by atoms with Crippen molar-refractivity contribution in [1.29, 1.82) is 0 Å². The maximum Gasteiger partial charge on any atom is 0.379 e. The predicted octanol–water partition coefficient (Wildman–Crippen LogP) is 5.93. The minimum Gasteiger partial charge on any atom is -0.497 e. The van der Waals surface area contributed by atoms with Crippen LogP contribution in [0.1, 0.15) is 47.8 Å². The van der Waals surface area contributed by atoms with Crippen molar-refractivity contribution in [3.63, 3.8) is 0 Å². The van der Waals surface area contributed by atoms with Crippen LogP contribution in [0.15, 0.2) is 66.8 Å². The molecule has 1 aromatic heterocycles. The van der Waals surface area contributed by atoms with Crippen molar-refractivity contribution in [2.75, 3.05) is 7.11 Å². The smallest absolute Gasteiger partial charge is 0.379 e. The van der Waals surface area contributed by atoms with Crippen molar-refractivity contribution in [2.24, 2.45) is 0 Å². The molecule has 3 rings (SSSR count). The van der Waals surface area contributed by atoms with Crippen molar-refractivity contribution in [2.45, 2.75) is 33.1 Å². The molecule has 1 atom stereocenters. The van der Waals surface area contributed by atoms with Gasteiger partial charge in [0, 0.05) is 27.7 Å². The van der Waals surface area contributed by atoms with Crippen LogP contribution >= 0.6 is 11.6 Å². The van der Waals surface area contributed by atoms with Crippen molar-refractivity contribution in [3.8, 4) is 5.75 Å². The summed E-state index contributed by atoms with van der Waals surface area (Å²) < 4.78 is 6.93. The maximum absolute atomic E-state index is 13.5. The van der Waals surface area contributed by atoms with Crippen LogP contribution < -0.4 is 4.74 Å². The van der Waals surface area contributed by atoms with Crippen LogP contribution in [-0.2, 0) is 19.4 Å². The fraction of sp³-hybridized carbons (Fsp3) is 0.222. The Morgan fingerprint density at radius 3 is 2.40 bits per heavy atom. The van der Waals surface area contributed by atoms with E-state index >= 15 is 0 Å². The second kappa shape index (κ2) is 11.5. The van der Waals surface area contributed by atoms with Crippen molar-refractivity contribution in [1.82, 2.24) is 4.57 Å². The van der Waals surface area contributed by atoms with E-state index in [0.29, 0.717) is 44.9 Å². The number of benzene rings is 2. The number of rotatable bonds is 7. The van der Waals surface area contributed by atoms with Crippen molar-refractivity contribution < 1.29 is 28.9 Å². The normalized spacial score (nSPS) is 12.3. The Labute approximate surface area is 208 Å². The summed E-state index contributed by atoms with van der Waals surface area (Å²) in [7, 11) is 1.54. The lowest BCUT2D eigenvalue weighted by molar-refractivity contribution is -0.256. The molecule has 1 unspecified atom stereocenters. The average Bonchev–Trinajstić information content (AvgIpc) is 3.14.